The van der Waals surface area contributed by atoms with Crippen LogP contribution < -0.4 is 0 Å². The fraction of sp³-hybridized carbons (Fsp3) is 0.571. The fourth-order valence-electron chi connectivity index (χ4n) is 0.665. The predicted octanol–water partition coefficient (Wildman–Crippen LogP) is 1.21. The molecular formula is C7H12N2S. The molecule has 0 fully saturated rings. The Hall–Kier alpha value is -0.440. The summed E-state index contributed by atoms with van der Waals surface area (Å²) in [6.07, 6.45) is 4.08. The normalized spacial score (nSPS) is 18.0. The topological polar surface area (TPSA) is 15.6 Å². The molecule has 0 saturated heterocycles. The van der Waals surface area contributed by atoms with Gasteiger partial charge in [-0.15, -0.1) is 11.8 Å². The molecule has 0 aromatic carbocycles. The van der Waals surface area contributed by atoms with E-state index < -0.39 is 0 Å². The van der Waals surface area contributed by atoms with Crippen molar-refractivity contribution in [1.29, 1.82) is 0 Å². The molecule has 0 atom stereocenters. The van der Waals surface area contributed by atoms with E-state index in [0.717, 1.165) is 17.3 Å². The second-order valence-corrected chi connectivity index (χ2v) is 3.46. The molecule has 0 spiro atoms. The van der Waals surface area contributed by atoms with Gasteiger partial charge in [0.2, 0.25) is 0 Å². The third-order valence-corrected chi connectivity index (χ3v) is 2.07. The molecule has 1 heterocycles. The van der Waals surface area contributed by atoms with Crippen molar-refractivity contribution in [3.05, 3.63) is 12.3 Å². The summed E-state index contributed by atoms with van der Waals surface area (Å²) in [6.45, 7) is 0.984. The summed E-state index contributed by atoms with van der Waals surface area (Å²) in [5.74, 6) is 1.15. The van der Waals surface area contributed by atoms with Gasteiger partial charge in [-0.25, -0.2) is 0 Å². The summed E-state index contributed by atoms with van der Waals surface area (Å²) < 4.78 is 0. The fourth-order valence-corrected chi connectivity index (χ4v) is 1.40. The zero-order valence-corrected chi connectivity index (χ0v) is 7.19. The van der Waals surface area contributed by atoms with Crippen LogP contribution in [0.15, 0.2) is 17.3 Å². The molecule has 0 aliphatic carbocycles. The lowest BCUT2D eigenvalue weighted by Crippen LogP contribution is -2.00. The molecule has 0 aromatic rings. The van der Waals surface area contributed by atoms with Crippen LogP contribution in [-0.2, 0) is 0 Å². The van der Waals surface area contributed by atoms with Crippen molar-refractivity contribution >= 4 is 16.8 Å². The van der Waals surface area contributed by atoms with E-state index >= 15 is 0 Å². The van der Waals surface area contributed by atoms with Gasteiger partial charge in [-0.1, -0.05) is 0 Å². The van der Waals surface area contributed by atoms with Crippen molar-refractivity contribution < 1.29 is 0 Å². The summed E-state index contributed by atoms with van der Waals surface area (Å²) in [5, 5.41) is 1.16. The largest absolute Gasteiger partial charge is 0.383 e. The Labute approximate surface area is 66.0 Å². The van der Waals surface area contributed by atoms with Gasteiger partial charge >= 0.3 is 0 Å². The highest BCUT2D eigenvalue weighted by Crippen LogP contribution is 2.11. The molecule has 0 saturated carbocycles. The average molecular weight is 156 g/mol. The van der Waals surface area contributed by atoms with Crippen LogP contribution in [0.1, 0.15) is 0 Å². The second-order valence-electron chi connectivity index (χ2n) is 2.35. The second kappa shape index (κ2) is 3.66. The Balaban J connectivity index is 2.37. The maximum absolute atomic E-state index is 4.27. The van der Waals surface area contributed by atoms with Crippen LogP contribution in [0.4, 0.5) is 0 Å². The van der Waals surface area contributed by atoms with E-state index in [9.17, 15) is 0 Å². The lowest BCUT2D eigenvalue weighted by atomic mass is 10.6. The van der Waals surface area contributed by atoms with E-state index in [-0.39, 0.29) is 0 Å². The molecule has 0 N–H and O–H groups in total. The van der Waals surface area contributed by atoms with Gasteiger partial charge in [0.1, 0.15) is 0 Å². The minimum Gasteiger partial charge on any atom is -0.383 e. The van der Waals surface area contributed by atoms with Crippen LogP contribution in [0.3, 0.4) is 0 Å². The van der Waals surface area contributed by atoms with Crippen molar-refractivity contribution in [3.8, 4) is 0 Å². The van der Waals surface area contributed by atoms with Gasteiger partial charge < -0.3 is 4.90 Å². The Bertz CT molecular complexity index is 161. The molecule has 1 aliphatic rings. The van der Waals surface area contributed by atoms with Crippen molar-refractivity contribution in [1.82, 2.24) is 4.90 Å². The summed E-state index contributed by atoms with van der Waals surface area (Å²) in [7, 11) is 4.02. The zero-order chi connectivity index (χ0) is 7.40. The van der Waals surface area contributed by atoms with Gasteiger partial charge in [0.15, 0.2) is 0 Å². The monoisotopic (exact) mass is 156 g/mol. The van der Waals surface area contributed by atoms with E-state index in [2.05, 4.69) is 11.1 Å². The standard InChI is InChI=1S/C7H12N2S/c1-9(2)5-3-7-8-4-6-10-7/h3,5H,4,6H2,1-2H3/b5-3+. The minimum absolute atomic E-state index is 0.984. The van der Waals surface area contributed by atoms with Gasteiger partial charge in [0.25, 0.3) is 0 Å². The first-order chi connectivity index (χ1) is 4.79. The highest BCUT2D eigenvalue weighted by molar-refractivity contribution is 8.14. The molecule has 0 unspecified atom stereocenters. The van der Waals surface area contributed by atoms with Crippen LogP contribution in [0.25, 0.3) is 0 Å². The van der Waals surface area contributed by atoms with Gasteiger partial charge in [-0.3, -0.25) is 4.99 Å². The quantitative estimate of drug-likeness (QED) is 0.597. The third kappa shape index (κ3) is 2.43. The molecule has 0 amide bonds. The molecule has 0 radical (unpaired) electrons. The molecule has 1 rings (SSSR count). The molecule has 1 aliphatic heterocycles. The maximum Gasteiger partial charge on any atom is 0.0919 e. The Morgan fingerprint density at radius 1 is 1.60 bits per heavy atom. The van der Waals surface area contributed by atoms with Gasteiger partial charge in [-0.05, 0) is 6.08 Å². The summed E-state index contributed by atoms with van der Waals surface area (Å²) in [5.41, 5.74) is 0. The van der Waals surface area contributed by atoms with E-state index in [4.69, 9.17) is 0 Å². The van der Waals surface area contributed by atoms with Crippen LogP contribution in [-0.4, -0.2) is 36.3 Å². The smallest absolute Gasteiger partial charge is 0.0919 e. The summed E-state index contributed by atoms with van der Waals surface area (Å²) >= 11 is 1.82. The number of nitrogens with zero attached hydrogens (tertiary/aromatic N) is 2. The van der Waals surface area contributed by atoms with Crippen molar-refractivity contribution in [2.75, 3.05) is 26.4 Å². The molecule has 0 bridgehead atoms. The molecule has 0 aromatic heterocycles. The molecule has 2 nitrogen and oxygen atoms in total. The summed E-state index contributed by atoms with van der Waals surface area (Å²) in [4.78, 5) is 6.29. The van der Waals surface area contributed by atoms with Crippen LogP contribution >= 0.6 is 11.8 Å². The molecule has 3 heteroatoms. The predicted molar refractivity (Wildman–Crippen MR) is 47.6 cm³/mol. The number of aliphatic imine (C=N–C) groups is 1. The van der Waals surface area contributed by atoms with Gasteiger partial charge in [0.05, 0.1) is 5.04 Å². The lowest BCUT2D eigenvalue weighted by Gasteiger charge is -2.01. The van der Waals surface area contributed by atoms with E-state index in [1.807, 2.05) is 37.0 Å². The zero-order valence-electron chi connectivity index (χ0n) is 6.37. The van der Waals surface area contributed by atoms with Crippen LogP contribution in [0, 0.1) is 0 Å². The van der Waals surface area contributed by atoms with Crippen LogP contribution in [0.2, 0.25) is 0 Å². The SMILES string of the molecule is CN(C)/C=C/C1=NCCS1. The first-order valence-corrected chi connectivity index (χ1v) is 4.29. The number of hydrogen-bond acceptors (Lipinski definition) is 3. The number of thioether (sulfide) groups is 1. The van der Waals surface area contributed by atoms with Crippen LogP contribution in [0.5, 0.6) is 0 Å². The summed E-state index contributed by atoms with van der Waals surface area (Å²) in [6, 6.07) is 0. The highest BCUT2D eigenvalue weighted by atomic mass is 32.2. The Morgan fingerprint density at radius 3 is 2.90 bits per heavy atom. The van der Waals surface area contributed by atoms with Crippen molar-refractivity contribution in [2.24, 2.45) is 4.99 Å². The highest BCUT2D eigenvalue weighted by Gasteiger charge is 2.01. The van der Waals surface area contributed by atoms with Gasteiger partial charge in [-0.2, -0.15) is 0 Å². The lowest BCUT2D eigenvalue weighted by molar-refractivity contribution is 0.564. The van der Waals surface area contributed by atoms with Crippen molar-refractivity contribution in [2.45, 2.75) is 0 Å². The molecular weight excluding hydrogens is 144 g/mol. The Kier molecular flexibility index (Phi) is 2.81. The average Bonchev–Trinajstić information content (AvgIpc) is 2.34. The number of hydrogen-bond donors (Lipinski definition) is 0. The maximum atomic E-state index is 4.27. The number of rotatable bonds is 2. The first-order valence-electron chi connectivity index (χ1n) is 3.31. The third-order valence-electron chi connectivity index (χ3n) is 1.12. The van der Waals surface area contributed by atoms with E-state index in [1.54, 1.807) is 0 Å². The minimum atomic E-state index is 0.984. The Morgan fingerprint density at radius 2 is 2.40 bits per heavy atom. The molecule has 56 valence electrons. The van der Waals surface area contributed by atoms with Gasteiger partial charge in [0, 0.05) is 32.6 Å². The first kappa shape index (κ1) is 7.66. The van der Waals surface area contributed by atoms with E-state index in [0.29, 0.717) is 0 Å². The molecule has 10 heavy (non-hydrogen) atoms. The van der Waals surface area contributed by atoms with E-state index in [1.165, 1.54) is 0 Å². The van der Waals surface area contributed by atoms with Crippen molar-refractivity contribution in [3.63, 3.8) is 0 Å².